The third kappa shape index (κ3) is 5.22. The molecule has 7 nitrogen and oxygen atoms in total. The number of nitrogens with one attached hydrogen (secondary N) is 2. The number of likely N-dealkylation sites (N-methyl/N-ethyl adjacent to an activating group) is 1. The summed E-state index contributed by atoms with van der Waals surface area (Å²) in [4.78, 5) is 28.4. The first-order valence-corrected chi connectivity index (χ1v) is 10.5. The maximum Gasteiger partial charge on any atom is 0.267 e. The summed E-state index contributed by atoms with van der Waals surface area (Å²) in [6.07, 6.45) is 7.67. The SMILES string of the molecule is CCCC1(Nc2ccc(-c3ccc(=O)n(CC(=O)NCC)n3)cn2)CCC(C)C1. The van der Waals surface area contributed by atoms with Crippen molar-refractivity contribution in [2.24, 2.45) is 5.92 Å². The van der Waals surface area contributed by atoms with Crippen LogP contribution in [-0.4, -0.2) is 32.8 Å². The summed E-state index contributed by atoms with van der Waals surface area (Å²) < 4.78 is 1.18. The van der Waals surface area contributed by atoms with Gasteiger partial charge in [-0.3, -0.25) is 9.59 Å². The van der Waals surface area contributed by atoms with Crippen LogP contribution in [0.25, 0.3) is 11.3 Å². The zero-order chi connectivity index (χ0) is 20.9. The normalized spacial score (nSPS) is 21.1. The van der Waals surface area contributed by atoms with Gasteiger partial charge in [0, 0.05) is 29.9 Å². The third-order valence-electron chi connectivity index (χ3n) is 5.57. The fourth-order valence-electron chi connectivity index (χ4n) is 4.27. The minimum Gasteiger partial charge on any atom is -0.365 e. The Labute approximate surface area is 171 Å². The average molecular weight is 398 g/mol. The lowest BCUT2D eigenvalue weighted by molar-refractivity contribution is -0.121. The van der Waals surface area contributed by atoms with E-state index in [9.17, 15) is 9.59 Å². The molecule has 2 N–H and O–H groups in total. The highest BCUT2D eigenvalue weighted by molar-refractivity contribution is 5.75. The summed E-state index contributed by atoms with van der Waals surface area (Å²) in [6, 6.07) is 7.02. The molecular weight excluding hydrogens is 366 g/mol. The van der Waals surface area contributed by atoms with Gasteiger partial charge in [-0.1, -0.05) is 20.3 Å². The Morgan fingerprint density at radius 1 is 1.28 bits per heavy atom. The fourth-order valence-corrected chi connectivity index (χ4v) is 4.27. The molecular formula is C22H31N5O2. The largest absolute Gasteiger partial charge is 0.365 e. The van der Waals surface area contributed by atoms with E-state index in [-0.39, 0.29) is 23.6 Å². The molecule has 0 spiro atoms. The van der Waals surface area contributed by atoms with Gasteiger partial charge in [-0.25, -0.2) is 9.67 Å². The maximum atomic E-state index is 12.0. The van der Waals surface area contributed by atoms with E-state index in [2.05, 4.69) is 34.6 Å². The Morgan fingerprint density at radius 3 is 2.72 bits per heavy atom. The van der Waals surface area contributed by atoms with Crippen molar-refractivity contribution >= 4 is 11.7 Å². The predicted molar refractivity (Wildman–Crippen MR) is 115 cm³/mol. The topological polar surface area (TPSA) is 88.9 Å². The molecule has 0 radical (unpaired) electrons. The quantitative estimate of drug-likeness (QED) is 0.714. The summed E-state index contributed by atoms with van der Waals surface area (Å²) >= 11 is 0. The van der Waals surface area contributed by atoms with E-state index >= 15 is 0 Å². The van der Waals surface area contributed by atoms with E-state index in [4.69, 9.17) is 0 Å². The molecule has 7 heteroatoms. The van der Waals surface area contributed by atoms with Crippen molar-refractivity contribution in [1.29, 1.82) is 0 Å². The van der Waals surface area contributed by atoms with Gasteiger partial charge in [-0.05, 0) is 56.7 Å². The van der Waals surface area contributed by atoms with Gasteiger partial charge in [0.05, 0.1) is 5.69 Å². The van der Waals surface area contributed by atoms with E-state index in [1.165, 1.54) is 30.0 Å². The van der Waals surface area contributed by atoms with E-state index in [1.54, 1.807) is 12.3 Å². The van der Waals surface area contributed by atoms with Gasteiger partial charge in [0.1, 0.15) is 12.4 Å². The molecule has 1 aliphatic carbocycles. The van der Waals surface area contributed by atoms with Gasteiger partial charge in [0.2, 0.25) is 5.91 Å². The van der Waals surface area contributed by atoms with Crippen LogP contribution >= 0.6 is 0 Å². The highest BCUT2D eigenvalue weighted by Gasteiger charge is 2.36. The molecule has 2 aromatic rings. The molecule has 2 atom stereocenters. The van der Waals surface area contributed by atoms with Crippen LogP contribution in [0.5, 0.6) is 0 Å². The first-order chi connectivity index (χ1) is 13.9. The van der Waals surface area contributed by atoms with Gasteiger partial charge >= 0.3 is 0 Å². The van der Waals surface area contributed by atoms with Crippen LogP contribution in [0.2, 0.25) is 0 Å². The highest BCUT2D eigenvalue weighted by atomic mass is 16.2. The minimum atomic E-state index is -0.303. The van der Waals surface area contributed by atoms with Crippen molar-refractivity contribution in [3.63, 3.8) is 0 Å². The maximum absolute atomic E-state index is 12.0. The second-order valence-electron chi connectivity index (χ2n) is 8.10. The number of amides is 1. The molecule has 1 aliphatic rings. The zero-order valence-corrected chi connectivity index (χ0v) is 17.6. The van der Waals surface area contributed by atoms with E-state index < -0.39 is 0 Å². The van der Waals surface area contributed by atoms with Crippen LogP contribution in [-0.2, 0) is 11.3 Å². The van der Waals surface area contributed by atoms with Gasteiger partial charge in [-0.15, -0.1) is 0 Å². The Kier molecular flexibility index (Phi) is 6.67. The summed E-state index contributed by atoms with van der Waals surface area (Å²) in [5.74, 6) is 1.37. The number of pyridine rings is 1. The molecule has 0 saturated heterocycles. The van der Waals surface area contributed by atoms with Crippen molar-refractivity contribution in [2.75, 3.05) is 11.9 Å². The molecule has 2 aromatic heterocycles. The van der Waals surface area contributed by atoms with Crippen molar-refractivity contribution in [1.82, 2.24) is 20.1 Å². The van der Waals surface area contributed by atoms with Crippen molar-refractivity contribution in [2.45, 2.75) is 65.0 Å². The van der Waals surface area contributed by atoms with Crippen LogP contribution < -0.4 is 16.2 Å². The van der Waals surface area contributed by atoms with Crippen LogP contribution in [0.1, 0.15) is 52.9 Å². The van der Waals surface area contributed by atoms with Crippen LogP contribution in [0, 0.1) is 5.92 Å². The molecule has 0 aromatic carbocycles. The molecule has 1 saturated carbocycles. The molecule has 156 valence electrons. The number of carbonyl (C=O) groups excluding carboxylic acids is 1. The molecule has 1 fully saturated rings. The number of hydrogen-bond acceptors (Lipinski definition) is 5. The standard InChI is InChI=1S/C22H31N5O2/c1-4-11-22(12-10-16(3)13-22)25-19-8-6-17(14-24-19)18-7-9-21(29)27(26-18)15-20(28)23-5-2/h6-9,14,16H,4-5,10-13,15H2,1-3H3,(H,23,28)(H,24,25). The van der Waals surface area contributed by atoms with Crippen LogP contribution in [0.4, 0.5) is 5.82 Å². The second-order valence-corrected chi connectivity index (χ2v) is 8.10. The van der Waals surface area contributed by atoms with Gasteiger partial charge in [0.25, 0.3) is 5.56 Å². The Bertz CT molecular complexity index is 889. The fraction of sp³-hybridized carbons (Fsp3) is 0.545. The molecule has 0 aliphatic heterocycles. The zero-order valence-electron chi connectivity index (χ0n) is 17.6. The van der Waals surface area contributed by atoms with Crippen LogP contribution in [0.3, 0.4) is 0 Å². The lowest BCUT2D eigenvalue weighted by Crippen LogP contribution is -2.35. The molecule has 0 bridgehead atoms. The minimum absolute atomic E-state index is 0.0920. The lowest BCUT2D eigenvalue weighted by Gasteiger charge is -2.31. The highest BCUT2D eigenvalue weighted by Crippen LogP contribution is 2.39. The first kappa shape index (κ1) is 21.0. The Hall–Kier alpha value is -2.70. The second kappa shape index (κ2) is 9.20. The summed E-state index contributed by atoms with van der Waals surface area (Å²) in [6.45, 7) is 6.80. The van der Waals surface area contributed by atoms with Crippen LogP contribution in [0.15, 0.2) is 35.3 Å². The average Bonchev–Trinajstić information content (AvgIpc) is 3.05. The molecule has 2 unspecified atom stereocenters. The number of anilines is 1. The molecule has 1 amide bonds. The monoisotopic (exact) mass is 397 g/mol. The van der Waals surface area contributed by atoms with Crippen molar-refractivity contribution < 1.29 is 4.79 Å². The summed E-state index contributed by atoms with van der Waals surface area (Å²) in [5.41, 5.74) is 1.26. The Balaban J connectivity index is 1.76. The molecule has 29 heavy (non-hydrogen) atoms. The number of rotatable bonds is 8. The summed E-state index contributed by atoms with van der Waals surface area (Å²) in [5, 5.41) is 10.7. The van der Waals surface area contributed by atoms with E-state index in [0.29, 0.717) is 12.2 Å². The predicted octanol–water partition coefficient (Wildman–Crippen LogP) is 3.21. The summed E-state index contributed by atoms with van der Waals surface area (Å²) in [7, 11) is 0. The number of nitrogens with zero attached hydrogens (tertiary/aromatic N) is 3. The molecule has 3 rings (SSSR count). The molecule has 2 heterocycles. The van der Waals surface area contributed by atoms with Crippen molar-refractivity contribution in [3.05, 3.63) is 40.8 Å². The van der Waals surface area contributed by atoms with Gasteiger partial charge < -0.3 is 10.6 Å². The van der Waals surface area contributed by atoms with Gasteiger partial charge in [0.15, 0.2) is 0 Å². The lowest BCUT2D eigenvalue weighted by atomic mass is 9.90. The first-order valence-electron chi connectivity index (χ1n) is 10.5. The van der Waals surface area contributed by atoms with Gasteiger partial charge in [-0.2, -0.15) is 5.10 Å². The number of carbonyl (C=O) groups is 1. The van der Waals surface area contributed by atoms with E-state index in [0.717, 1.165) is 30.1 Å². The number of aromatic nitrogens is 3. The third-order valence-corrected chi connectivity index (χ3v) is 5.57. The van der Waals surface area contributed by atoms with Crippen molar-refractivity contribution in [3.8, 4) is 11.3 Å². The Morgan fingerprint density at radius 2 is 2.10 bits per heavy atom. The van der Waals surface area contributed by atoms with E-state index in [1.807, 2.05) is 19.1 Å². The smallest absolute Gasteiger partial charge is 0.267 e. The number of hydrogen-bond donors (Lipinski definition) is 2.